The Morgan fingerprint density at radius 3 is 2.57 bits per heavy atom. The molecule has 0 bridgehead atoms. The van der Waals surface area contributed by atoms with Gasteiger partial charge in [-0.05, 0) is 42.5 Å². The van der Waals surface area contributed by atoms with E-state index in [1.807, 2.05) is 24.3 Å². The van der Waals surface area contributed by atoms with Crippen LogP contribution in [0.5, 0.6) is 0 Å². The van der Waals surface area contributed by atoms with Gasteiger partial charge in [-0.25, -0.2) is 4.21 Å². The summed E-state index contributed by atoms with van der Waals surface area (Å²) in [5, 5.41) is 0.432. The first kappa shape index (κ1) is 20.3. The molecule has 0 saturated heterocycles. The molecule has 0 saturated carbocycles. The van der Waals surface area contributed by atoms with Crippen molar-refractivity contribution in [1.29, 1.82) is 0 Å². The van der Waals surface area contributed by atoms with Crippen molar-refractivity contribution >= 4 is 43.2 Å². The minimum absolute atomic E-state index is 0.220. The molecule has 4 nitrogen and oxygen atoms in total. The molecular weight excluding hydrogens is 460 g/mol. The summed E-state index contributed by atoms with van der Waals surface area (Å²) in [5.74, 6) is 5.37. The van der Waals surface area contributed by atoms with E-state index in [0.717, 1.165) is 10.0 Å². The van der Waals surface area contributed by atoms with Crippen molar-refractivity contribution in [3.8, 4) is 11.8 Å². The van der Waals surface area contributed by atoms with Crippen molar-refractivity contribution in [1.82, 2.24) is 4.98 Å². The molecule has 0 aliphatic heterocycles. The monoisotopic (exact) mass is 472 g/mol. The first-order valence-electron chi connectivity index (χ1n) is 8.08. The maximum absolute atomic E-state index is 12.9. The zero-order valence-electron chi connectivity index (χ0n) is 14.7. The number of hydrogen-bond donors (Lipinski definition) is 0. The van der Waals surface area contributed by atoms with E-state index in [1.165, 1.54) is 12.5 Å². The van der Waals surface area contributed by atoms with Crippen LogP contribution in [0.3, 0.4) is 0 Å². The average Bonchev–Trinajstić information content (AvgIpc) is 2.66. The number of aromatic nitrogens is 1. The Balaban J connectivity index is 1.90. The Bertz CT molecular complexity index is 1240. The van der Waals surface area contributed by atoms with Gasteiger partial charge in [0.15, 0.2) is 0 Å². The molecule has 1 aromatic heterocycles. The van der Waals surface area contributed by atoms with Crippen molar-refractivity contribution in [3.63, 3.8) is 0 Å². The van der Waals surface area contributed by atoms with Crippen molar-refractivity contribution in [2.45, 2.75) is 4.90 Å². The highest BCUT2D eigenvalue weighted by Gasteiger charge is 2.12. The predicted molar refractivity (Wildman–Crippen MR) is 115 cm³/mol. The van der Waals surface area contributed by atoms with E-state index >= 15 is 0 Å². The molecular formula is C21H14BrClN2O2S. The van der Waals surface area contributed by atoms with E-state index in [2.05, 4.69) is 37.1 Å². The van der Waals surface area contributed by atoms with Gasteiger partial charge in [-0.15, -0.1) is 0 Å². The largest absolute Gasteiger partial charge is 0.286 e. The van der Waals surface area contributed by atoms with E-state index in [-0.39, 0.29) is 5.56 Å². The van der Waals surface area contributed by atoms with Gasteiger partial charge >= 0.3 is 0 Å². The molecule has 3 aromatic rings. The predicted octanol–water partition coefficient (Wildman–Crippen LogP) is 5.19. The Kier molecular flexibility index (Phi) is 6.30. The number of amides is 1. The number of hydrogen-bond acceptors (Lipinski definition) is 3. The minimum atomic E-state index is -2.93. The van der Waals surface area contributed by atoms with Gasteiger partial charge in [-0.3, -0.25) is 9.78 Å². The first-order valence-corrected chi connectivity index (χ1v) is 11.2. The summed E-state index contributed by atoms with van der Waals surface area (Å²) < 4.78 is 17.7. The van der Waals surface area contributed by atoms with Crippen molar-refractivity contribution in [2.24, 2.45) is 4.36 Å². The summed E-state index contributed by atoms with van der Waals surface area (Å²) in [6.45, 7) is 0. The average molecular weight is 474 g/mol. The first-order chi connectivity index (χ1) is 13.3. The quantitative estimate of drug-likeness (QED) is 0.481. The van der Waals surface area contributed by atoms with Gasteiger partial charge in [0.1, 0.15) is 0 Å². The Labute approximate surface area is 177 Å². The molecule has 28 heavy (non-hydrogen) atoms. The SMILES string of the molecule is CS(=O)(=NC(=O)c1cncc(C#Cc2cccc(Br)c2)c1)c1cccc(Cl)c1. The van der Waals surface area contributed by atoms with E-state index < -0.39 is 15.6 Å². The smallest absolute Gasteiger partial charge is 0.266 e. The van der Waals surface area contributed by atoms with Gasteiger partial charge in [-0.1, -0.05) is 51.5 Å². The molecule has 7 heteroatoms. The summed E-state index contributed by atoms with van der Waals surface area (Å²) in [5.41, 5.74) is 1.61. The van der Waals surface area contributed by atoms with Gasteiger partial charge in [0, 0.05) is 44.2 Å². The summed E-state index contributed by atoms with van der Waals surface area (Å²) in [6.07, 6.45) is 4.34. The Morgan fingerprint density at radius 1 is 1.07 bits per heavy atom. The van der Waals surface area contributed by atoms with Crippen LogP contribution in [-0.2, 0) is 9.73 Å². The van der Waals surface area contributed by atoms with Crippen LogP contribution in [0.15, 0.2) is 80.7 Å². The Hall–Kier alpha value is -2.46. The molecule has 1 amide bonds. The molecule has 0 aliphatic rings. The highest BCUT2D eigenvalue weighted by Crippen LogP contribution is 2.18. The normalized spacial score (nSPS) is 12.4. The van der Waals surface area contributed by atoms with Crippen molar-refractivity contribution < 1.29 is 9.00 Å². The van der Waals surface area contributed by atoms with Gasteiger partial charge < -0.3 is 0 Å². The molecule has 3 rings (SSSR count). The molecule has 0 spiro atoms. The number of nitrogens with zero attached hydrogens (tertiary/aromatic N) is 2. The second-order valence-electron chi connectivity index (χ2n) is 5.88. The zero-order valence-corrected chi connectivity index (χ0v) is 17.9. The van der Waals surface area contributed by atoms with Crippen LogP contribution in [0.2, 0.25) is 5.02 Å². The van der Waals surface area contributed by atoms with Crippen LogP contribution in [-0.4, -0.2) is 21.4 Å². The summed E-state index contributed by atoms with van der Waals surface area (Å²) in [7, 11) is -2.93. The number of halogens is 2. The number of benzene rings is 2. The van der Waals surface area contributed by atoms with Crippen LogP contribution in [0.4, 0.5) is 0 Å². The number of carbonyl (C=O) groups is 1. The molecule has 0 N–H and O–H groups in total. The fourth-order valence-corrected chi connectivity index (χ4v) is 4.16. The lowest BCUT2D eigenvalue weighted by Gasteiger charge is -2.04. The second-order valence-corrected chi connectivity index (χ2v) is 9.49. The maximum Gasteiger partial charge on any atom is 0.286 e. The topological polar surface area (TPSA) is 59.4 Å². The molecule has 1 unspecified atom stereocenters. The molecule has 0 aliphatic carbocycles. The summed E-state index contributed by atoms with van der Waals surface area (Å²) in [4.78, 5) is 17.0. The number of rotatable bonds is 2. The number of pyridine rings is 1. The van der Waals surface area contributed by atoms with Gasteiger partial charge in [-0.2, -0.15) is 4.36 Å². The van der Waals surface area contributed by atoms with Crippen molar-refractivity contribution in [3.05, 3.63) is 93.2 Å². The zero-order chi connectivity index (χ0) is 20.1. The van der Waals surface area contributed by atoms with E-state index in [0.29, 0.717) is 15.5 Å². The molecule has 1 heterocycles. The lowest BCUT2D eigenvalue weighted by Crippen LogP contribution is -2.04. The highest BCUT2D eigenvalue weighted by atomic mass is 79.9. The third-order valence-corrected chi connectivity index (χ3v) is 6.02. The van der Waals surface area contributed by atoms with Crippen molar-refractivity contribution in [2.75, 3.05) is 6.26 Å². The summed E-state index contributed by atoms with van der Waals surface area (Å²) in [6, 6.07) is 15.7. The minimum Gasteiger partial charge on any atom is -0.266 e. The van der Waals surface area contributed by atoms with E-state index in [1.54, 1.807) is 36.5 Å². The third kappa shape index (κ3) is 5.29. The number of carbonyl (C=O) groups excluding carboxylic acids is 1. The third-order valence-electron chi connectivity index (χ3n) is 3.65. The molecule has 2 aromatic carbocycles. The Morgan fingerprint density at radius 2 is 1.82 bits per heavy atom. The molecule has 140 valence electrons. The molecule has 1 atom stereocenters. The van der Waals surface area contributed by atoms with Crippen LogP contribution in [0.1, 0.15) is 21.5 Å². The highest BCUT2D eigenvalue weighted by molar-refractivity contribution is 9.10. The van der Waals surface area contributed by atoms with Crippen LogP contribution >= 0.6 is 27.5 Å². The lowest BCUT2D eigenvalue weighted by atomic mass is 10.2. The van der Waals surface area contributed by atoms with Gasteiger partial charge in [0.05, 0.1) is 15.3 Å². The lowest BCUT2D eigenvalue weighted by molar-refractivity contribution is 0.100. The summed E-state index contributed by atoms with van der Waals surface area (Å²) >= 11 is 9.34. The molecule has 0 fully saturated rings. The van der Waals surface area contributed by atoms with E-state index in [4.69, 9.17) is 11.6 Å². The van der Waals surface area contributed by atoms with Crippen LogP contribution < -0.4 is 0 Å². The van der Waals surface area contributed by atoms with Crippen LogP contribution in [0.25, 0.3) is 0 Å². The van der Waals surface area contributed by atoms with Crippen LogP contribution in [0, 0.1) is 11.8 Å². The standard InChI is InChI=1S/C21H14BrClN2O2S/c1-28(27,20-7-3-6-19(23)12-20)25-21(26)17-10-16(13-24-14-17)9-8-15-4-2-5-18(22)11-15/h2-7,10-14H,1H3. The van der Waals surface area contributed by atoms with Gasteiger partial charge in [0.25, 0.3) is 5.91 Å². The molecule has 0 radical (unpaired) electrons. The van der Waals surface area contributed by atoms with Gasteiger partial charge in [0.2, 0.25) is 0 Å². The van der Waals surface area contributed by atoms with E-state index in [9.17, 15) is 9.00 Å². The second kappa shape index (κ2) is 8.70. The maximum atomic E-state index is 12.9. The fourth-order valence-electron chi connectivity index (χ4n) is 2.30. The fraction of sp³-hybridized carbons (Fsp3) is 0.0476.